The van der Waals surface area contributed by atoms with Crippen LogP contribution in [0.5, 0.6) is 0 Å². The average molecular weight is 497 g/mol. The molecule has 0 aliphatic carbocycles. The van der Waals surface area contributed by atoms with Crippen LogP contribution in [-0.4, -0.2) is 25.6 Å². The summed E-state index contributed by atoms with van der Waals surface area (Å²) in [5.74, 6) is 0.780. The lowest BCUT2D eigenvalue weighted by molar-refractivity contribution is -0.114. The molecular weight excluding hydrogens is 468 g/mol. The van der Waals surface area contributed by atoms with Crippen molar-refractivity contribution in [1.29, 1.82) is 0 Å². The first-order chi connectivity index (χ1) is 17.3. The third kappa shape index (κ3) is 4.35. The normalized spacial score (nSPS) is 17.2. The predicted molar refractivity (Wildman–Crippen MR) is 146 cm³/mol. The second kappa shape index (κ2) is 9.54. The van der Waals surface area contributed by atoms with Crippen LogP contribution in [0.2, 0.25) is 0 Å². The number of hydrogen-bond acceptors (Lipinski definition) is 4. The number of pyridine rings is 2. The van der Waals surface area contributed by atoms with Crippen molar-refractivity contribution in [2.24, 2.45) is 0 Å². The van der Waals surface area contributed by atoms with Gasteiger partial charge < -0.3 is 20.1 Å². The minimum Gasteiger partial charge on any atom is -0.351 e. The Morgan fingerprint density at radius 1 is 1.03 bits per heavy atom. The highest BCUT2D eigenvalue weighted by molar-refractivity contribution is 7.80. The topological polar surface area (TPSA) is 75.1 Å². The molecule has 2 N–H and O–H groups in total. The van der Waals surface area contributed by atoms with Gasteiger partial charge in [0.15, 0.2) is 5.11 Å². The van der Waals surface area contributed by atoms with Gasteiger partial charge in [-0.2, -0.15) is 0 Å². The number of amides is 1. The summed E-state index contributed by atoms with van der Waals surface area (Å²) in [6.07, 6.45) is 3.70. The Labute approximate surface area is 216 Å². The number of hydrogen-bond donors (Lipinski definition) is 2. The zero-order valence-corrected chi connectivity index (χ0v) is 21.5. The van der Waals surface area contributed by atoms with Crippen molar-refractivity contribution in [3.8, 4) is 5.82 Å². The maximum atomic E-state index is 11.5. The number of anilines is 2. The standard InChI is InChI=1S/C28H28N6OS/c1-17-8-13-25(30-16-17)33-18(2)15-23(19(33)3)27-26(24-7-5-6-14-29-24)32-28(36)34(27)22-11-9-21(10-12-22)31-20(4)35/h5-16,26-27H,1-4H3,(H,31,35)(H,32,36)/t26-,27-/m0/s1. The minimum absolute atomic E-state index is 0.105. The van der Waals surface area contributed by atoms with Crippen LogP contribution >= 0.6 is 12.2 Å². The molecule has 2 atom stereocenters. The van der Waals surface area contributed by atoms with E-state index < -0.39 is 0 Å². The molecule has 5 rings (SSSR count). The van der Waals surface area contributed by atoms with Gasteiger partial charge in [0.1, 0.15) is 5.82 Å². The molecule has 1 amide bonds. The summed E-state index contributed by atoms with van der Waals surface area (Å²) in [5.41, 5.74) is 7.05. The third-order valence-electron chi connectivity index (χ3n) is 6.48. The largest absolute Gasteiger partial charge is 0.351 e. The van der Waals surface area contributed by atoms with Gasteiger partial charge in [0.05, 0.1) is 17.8 Å². The molecule has 1 aliphatic rings. The lowest BCUT2D eigenvalue weighted by Crippen LogP contribution is -2.29. The van der Waals surface area contributed by atoms with Crippen LogP contribution in [0.3, 0.4) is 0 Å². The first-order valence-corrected chi connectivity index (χ1v) is 12.2. The smallest absolute Gasteiger partial charge is 0.221 e. The van der Waals surface area contributed by atoms with Crippen LogP contribution in [0.15, 0.2) is 73.1 Å². The average Bonchev–Trinajstić information content (AvgIpc) is 3.35. The van der Waals surface area contributed by atoms with E-state index in [1.54, 1.807) is 0 Å². The Morgan fingerprint density at radius 3 is 2.44 bits per heavy atom. The number of aryl methyl sites for hydroxylation is 2. The van der Waals surface area contributed by atoms with Gasteiger partial charge in [-0.1, -0.05) is 12.1 Å². The fourth-order valence-corrected chi connectivity index (χ4v) is 5.24. The number of nitrogens with one attached hydrogen (secondary N) is 2. The molecule has 1 aromatic carbocycles. The molecule has 3 aromatic heterocycles. The molecule has 1 fully saturated rings. The lowest BCUT2D eigenvalue weighted by atomic mass is 9.96. The zero-order chi connectivity index (χ0) is 25.4. The van der Waals surface area contributed by atoms with Gasteiger partial charge in [-0.05, 0) is 92.6 Å². The number of carbonyl (C=O) groups excluding carboxylic acids is 1. The molecule has 7 nitrogen and oxygen atoms in total. The molecule has 4 heterocycles. The van der Waals surface area contributed by atoms with E-state index in [1.807, 2.05) is 67.8 Å². The van der Waals surface area contributed by atoms with Crippen LogP contribution in [0.25, 0.3) is 5.82 Å². The molecule has 0 spiro atoms. The van der Waals surface area contributed by atoms with Crippen molar-refractivity contribution in [1.82, 2.24) is 19.9 Å². The van der Waals surface area contributed by atoms with E-state index in [1.165, 1.54) is 6.92 Å². The van der Waals surface area contributed by atoms with Crippen molar-refractivity contribution in [3.63, 3.8) is 0 Å². The maximum Gasteiger partial charge on any atom is 0.221 e. The Kier molecular flexibility index (Phi) is 6.28. The Bertz CT molecular complexity index is 1410. The number of aromatic nitrogens is 3. The van der Waals surface area contributed by atoms with Gasteiger partial charge in [0.2, 0.25) is 5.91 Å². The number of nitrogens with zero attached hydrogens (tertiary/aromatic N) is 4. The maximum absolute atomic E-state index is 11.5. The van der Waals surface area contributed by atoms with E-state index in [0.29, 0.717) is 5.11 Å². The monoisotopic (exact) mass is 496 g/mol. The molecule has 1 saturated heterocycles. The van der Waals surface area contributed by atoms with Crippen molar-refractivity contribution in [3.05, 3.63) is 101 Å². The number of rotatable bonds is 5. The molecule has 1 aliphatic heterocycles. The minimum atomic E-state index is -0.145. The van der Waals surface area contributed by atoms with Gasteiger partial charge >= 0.3 is 0 Å². The van der Waals surface area contributed by atoms with E-state index in [-0.39, 0.29) is 18.0 Å². The highest BCUT2D eigenvalue weighted by atomic mass is 32.1. The number of carbonyl (C=O) groups is 1. The van der Waals surface area contributed by atoms with Gasteiger partial charge in [-0.15, -0.1) is 0 Å². The van der Waals surface area contributed by atoms with Crippen molar-refractivity contribution < 1.29 is 4.79 Å². The first-order valence-electron chi connectivity index (χ1n) is 11.8. The molecule has 36 heavy (non-hydrogen) atoms. The Morgan fingerprint density at radius 2 is 1.81 bits per heavy atom. The lowest BCUT2D eigenvalue weighted by Gasteiger charge is -2.28. The molecule has 0 bridgehead atoms. The van der Waals surface area contributed by atoms with Crippen LogP contribution < -0.4 is 15.5 Å². The second-order valence-corrected chi connectivity index (χ2v) is 9.47. The Balaban J connectivity index is 1.62. The molecule has 0 saturated carbocycles. The summed E-state index contributed by atoms with van der Waals surface area (Å²) in [4.78, 5) is 23.0. The van der Waals surface area contributed by atoms with Crippen molar-refractivity contribution in [2.45, 2.75) is 39.8 Å². The quantitative estimate of drug-likeness (QED) is 0.364. The zero-order valence-electron chi connectivity index (χ0n) is 20.7. The molecule has 4 aromatic rings. The highest BCUT2D eigenvalue weighted by Gasteiger charge is 2.42. The van der Waals surface area contributed by atoms with Gasteiger partial charge in [0, 0.05) is 42.1 Å². The number of thiocarbonyl (C=S) groups is 1. The highest BCUT2D eigenvalue weighted by Crippen LogP contribution is 2.43. The van der Waals surface area contributed by atoms with E-state index in [2.05, 4.69) is 56.0 Å². The molecule has 0 unspecified atom stereocenters. The van der Waals surface area contributed by atoms with Gasteiger partial charge in [-0.3, -0.25) is 9.78 Å². The van der Waals surface area contributed by atoms with Crippen molar-refractivity contribution >= 4 is 34.6 Å². The third-order valence-corrected chi connectivity index (χ3v) is 6.79. The van der Waals surface area contributed by atoms with Crippen LogP contribution in [-0.2, 0) is 4.79 Å². The number of benzene rings is 1. The second-order valence-electron chi connectivity index (χ2n) is 9.08. The summed E-state index contributed by atoms with van der Waals surface area (Å²) < 4.78 is 2.18. The SMILES string of the molecule is CC(=O)Nc1ccc(N2C(=S)N[C@@H](c3ccccn3)[C@@H]2c2cc(C)n(-c3ccc(C)cn3)c2C)cc1. The van der Waals surface area contributed by atoms with E-state index in [9.17, 15) is 4.79 Å². The summed E-state index contributed by atoms with van der Waals surface area (Å²) in [5, 5.41) is 6.97. The summed E-state index contributed by atoms with van der Waals surface area (Å²) in [6.45, 7) is 7.76. The van der Waals surface area contributed by atoms with Crippen LogP contribution in [0.4, 0.5) is 11.4 Å². The van der Waals surface area contributed by atoms with Gasteiger partial charge in [0.25, 0.3) is 0 Å². The fraction of sp³-hybridized carbons (Fsp3) is 0.214. The van der Waals surface area contributed by atoms with Crippen LogP contribution in [0, 0.1) is 20.8 Å². The molecule has 0 radical (unpaired) electrons. The predicted octanol–water partition coefficient (Wildman–Crippen LogP) is 5.33. The summed E-state index contributed by atoms with van der Waals surface area (Å²) in [7, 11) is 0. The fourth-order valence-electron chi connectivity index (χ4n) is 4.89. The van der Waals surface area contributed by atoms with E-state index in [4.69, 9.17) is 12.2 Å². The molecule has 8 heteroatoms. The Hall–Kier alpha value is -4.04. The summed E-state index contributed by atoms with van der Waals surface area (Å²) in [6, 6.07) is 19.7. The van der Waals surface area contributed by atoms with E-state index >= 15 is 0 Å². The molecule has 182 valence electrons. The van der Waals surface area contributed by atoms with E-state index in [0.717, 1.165) is 45.4 Å². The molecular formula is C28H28N6OS. The summed E-state index contributed by atoms with van der Waals surface area (Å²) >= 11 is 5.87. The van der Waals surface area contributed by atoms with Crippen LogP contribution in [0.1, 0.15) is 47.2 Å². The van der Waals surface area contributed by atoms with Gasteiger partial charge in [-0.25, -0.2) is 4.98 Å². The first kappa shape index (κ1) is 23.7. The van der Waals surface area contributed by atoms with Crippen molar-refractivity contribution in [2.75, 3.05) is 10.2 Å².